The van der Waals surface area contributed by atoms with Crippen molar-refractivity contribution in [2.24, 2.45) is 5.92 Å². The van der Waals surface area contributed by atoms with Gasteiger partial charge in [-0.1, -0.05) is 6.07 Å². The van der Waals surface area contributed by atoms with E-state index in [9.17, 15) is 13.9 Å². The van der Waals surface area contributed by atoms with Crippen LogP contribution in [0.2, 0.25) is 0 Å². The second kappa shape index (κ2) is 5.10. The van der Waals surface area contributed by atoms with Crippen LogP contribution in [-0.2, 0) is 0 Å². The molecule has 0 aliphatic heterocycles. The number of rotatable bonds is 5. The molecule has 0 bridgehead atoms. The van der Waals surface area contributed by atoms with Crippen LogP contribution in [0.15, 0.2) is 18.2 Å². The molecule has 1 aliphatic rings. The third-order valence-electron chi connectivity index (χ3n) is 3.28. The Morgan fingerprint density at radius 3 is 2.71 bits per heavy atom. The van der Waals surface area contributed by atoms with Crippen LogP contribution in [0.25, 0.3) is 0 Å². The Kier molecular flexibility index (Phi) is 3.74. The molecule has 17 heavy (non-hydrogen) atoms. The summed E-state index contributed by atoms with van der Waals surface area (Å²) in [5.74, 6) is -0.642. The normalized spacial score (nSPS) is 19.1. The third-order valence-corrected chi connectivity index (χ3v) is 3.28. The first-order chi connectivity index (χ1) is 8.08. The lowest BCUT2D eigenvalue weighted by Gasteiger charge is -2.17. The van der Waals surface area contributed by atoms with Crippen LogP contribution in [0.1, 0.15) is 31.4 Å². The summed E-state index contributed by atoms with van der Waals surface area (Å²) < 4.78 is 26.1. The van der Waals surface area contributed by atoms with Crippen LogP contribution in [0.4, 0.5) is 8.78 Å². The van der Waals surface area contributed by atoms with Gasteiger partial charge in [-0.05, 0) is 31.7 Å². The summed E-state index contributed by atoms with van der Waals surface area (Å²) in [4.78, 5) is 0. The van der Waals surface area contributed by atoms with Crippen molar-refractivity contribution in [1.29, 1.82) is 0 Å². The van der Waals surface area contributed by atoms with Crippen molar-refractivity contribution in [3.63, 3.8) is 0 Å². The van der Waals surface area contributed by atoms with Gasteiger partial charge in [-0.2, -0.15) is 0 Å². The Morgan fingerprint density at radius 1 is 1.41 bits per heavy atom. The summed E-state index contributed by atoms with van der Waals surface area (Å²) in [6.45, 7) is 2.35. The largest absolute Gasteiger partial charge is 0.387 e. The lowest BCUT2D eigenvalue weighted by Crippen LogP contribution is -2.32. The van der Waals surface area contributed by atoms with Gasteiger partial charge in [0.1, 0.15) is 11.6 Å². The van der Waals surface area contributed by atoms with E-state index in [-0.39, 0.29) is 5.56 Å². The molecule has 2 atom stereocenters. The number of benzene rings is 1. The predicted molar refractivity (Wildman–Crippen MR) is 61.5 cm³/mol. The van der Waals surface area contributed by atoms with E-state index in [2.05, 4.69) is 12.2 Å². The van der Waals surface area contributed by atoms with Crippen molar-refractivity contribution < 1.29 is 13.9 Å². The third kappa shape index (κ3) is 3.23. The van der Waals surface area contributed by atoms with Crippen molar-refractivity contribution in [3.8, 4) is 0 Å². The number of aliphatic hydroxyl groups is 1. The van der Waals surface area contributed by atoms with E-state index < -0.39 is 17.7 Å². The minimum atomic E-state index is -0.934. The highest BCUT2D eigenvalue weighted by Crippen LogP contribution is 2.32. The first-order valence-electron chi connectivity index (χ1n) is 5.94. The fraction of sp³-hybridized carbons (Fsp3) is 0.538. The number of aliphatic hydroxyl groups excluding tert-OH is 1. The molecule has 1 fully saturated rings. The molecule has 1 aromatic carbocycles. The molecule has 1 aromatic rings. The summed E-state index contributed by atoms with van der Waals surface area (Å²) in [5.41, 5.74) is 0.141. The molecule has 1 aliphatic carbocycles. The van der Waals surface area contributed by atoms with Gasteiger partial charge in [-0.3, -0.25) is 0 Å². The first-order valence-corrected chi connectivity index (χ1v) is 5.94. The predicted octanol–water partition coefficient (Wildman–Crippen LogP) is 2.39. The summed E-state index contributed by atoms with van der Waals surface area (Å²) in [6.07, 6.45) is 1.50. The van der Waals surface area contributed by atoms with Gasteiger partial charge in [0, 0.05) is 24.2 Å². The van der Waals surface area contributed by atoms with Crippen molar-refractivity contribution in [2.45, 2.75) is 31.9 Å². The summed E-state index contributed by atoms with van der Waals surface area (Å²) in [6, 6.07) is 3.58. The molecule has 0 spiro atoms. The number of halogens is 2. The molecule has 0 saturated heterocycles. The second-order valence-electron chi connectivity index (χ2n) is 4.72. The van der Waals surface area contributed by atoms with Crippen LogP contribution < -0.4 is 5.32 Å². The van der Waals surface area contributed by atoms with Crippen LogP contribution in [0.5, 0.6) is 0 Å². The zero-order valence-electron chi connectivity index (χ0n) is 9.79. The van der Waals surface area contributed by atoms with E-state index in [1.165, 1.54) is 18.9 Å². The molecule has 0 amide bonds. The van der Waals surface area contributed by atoms with E-state index in [0.29, 0.717) is 18.5 Å². The van der Waals surface area contributed by atoms with E-state index in [0.717, 1.165) is 12.1 Å². The number of nitrogens with one attached hydrogen (secondary N) is 1. The SMILES string of the molecule is CC(NCC(O)c1ccc(F)cc1F)C1CC1. The molecule has 94 valence electrons. The van der Waals surface area contributed by atoms with E-state index >= 15 is 0 Å². The maximum atomic E-state index is 13.4. The average Bonchev–Trinajstić information content (AvgIpc) is 3.09. The number of hydrogen-bond donors (Lipinski definition) is 2. The monoisotopic (exact) mass is 241 g/mol. The van der Waals surface area contributed by atoms with Crippen molar-refractivity contribution in [3.05, 3.63) is 35.4 Å². The van der Waals surface area contributed by atoms with Gasteiger partial charge in [-0.15, -0.1) is 0 Å². The molecule has 0 radical (unpaired) electrons. The second-order valence-corrected chi connectivity index (χ2v) is 4.72. The highest BCUT2D eigenvalue weighted by molar-refractivity contribution is 5.21. The van der Waals surface area contributed by atoms with Gasteiger partial charge < -0.3 is 10.4 Å². The van der Waals surface area contributed by atoms with Crippen LogP contribution in [0, 0.1) is 17.6 Å². The Hall–Kier alpha value is -1.00. The Labute approximate surface area is 99.7 Å². The fourth-order valence-corrected chi connectivity index (χ4v) is 1.94. The quantitative estimate of drug-likeness (QED) is 0.829. The molecule has 4 heteroatoms. The highest BCUT2D eigenvalue weighted by atomic mass is 19.1. The first kappa shape index (κ1) is 12.5. The zero-order chi connectivity index (χ0) is 12.4. The van der Waals surface area contributed by atoms with Crippen molar-refractivity contribution in [1.82, 2.24) is 5.32 Å². The molecule has 2 N–H and O–H groups in total. The maximum Gasteiger partial charge on any atom is 0.131 e. The topological polar surface area (TPSA) is 32.3 Å². The molecule has 0 heterocycles. The van der Waals surface area contributed by atoms with Gasteiger partial charge in [0.25, 0.3) is 0 Å². The van der Waals surface area contributed by atoms with Gasteiger partial charge >= 0.3 is 0 Å². The smallest absolute Gasteiger partial charge is 0.131 e. The van der Waals surface area contributed by atoms with Gasteiger partial charge in [0.05, 0.1) is 6.10 Å². The molecular formula is C13H17F2NO. The van der Waals surface area contributed by atoms with Crippen LogP contribution in [0.3, 0.4) is 0 Å². The standard InChI is InChI=1S/C13H17F2NO/c1-8(9-2-3-9)16-7-13(17)11-5-4-10(14)6-12(11)15/h4-6,8-9,13,16-17H,2-3,7H2,1H3. The molecule has 1 saturated carbocycles. The highest BCUT2D eigenvalue weighted by Gasteiger charge is 2.28. The minimum absolute atomic E-state index is 0.141. The Morgan fingerprint density at radius 2 is 2.12 bits per heavy atom. The maximum absolute atomic E-state index is 13.4. The summed E-state index contributed by atoms with van der Waals surface area (Å²) in [5, 5.41) is 13.0. The molecule has 2 nitrogen and oxygen atoms in total. The Balaban J connectivity index is 1.91. The summed E-state index contributed by atoms with van der Waals surface area (Å²) in [7, 11) is 0. The number of hydrogen-bond acceptors (Lipinski definition) is 2. The molecular weight excluding hydrogens is 224 g/mol. The fourth-order valence-electron chi connectivity index (χ4n) is 1.94. The Bertz CT molecular complexity index is 393. The van der Waals surface area contributed by atoms with E-state index in [4.69, 9.17) is 0 Å². The van der Waals surface area contributed by atoms with E-state index in [1.54, 1.807) is 0 Å². The van der Waals surface area contributed by atoms with E-state index in [1.807, 2.05) is 0 Å². The van der Waals surface area contributed by atoms with Crippen molar-refractivity contribution in [2.75, 3.05) is 6.54 Å². The van der Waals surface area contributed by atoms with Crippen LogP contribution >= 0.6 is 0 Å². The molecule has 2 rings (SSSR count). The molecule has 0 aromatic heterocycles. The van der Waals surface area contributed by atoms with Gasteiger partial charge in [0.2, 0.25) is 0 Å². The molecule has 2 unspecified atom stereocenters. The van der Waals surface area contributed by atoms with Gasteiger partial charge in [0.15, 0.2) is 0 Å². The minimum Gasteiger partial charge on any atom is -0.387 e. The summed E-state index contributed by atoms with van der Waals surface area (Å²) >= 11 is 0. The lowest BCUT2D eigenvalue weighted by molar-refractivity contribution is 0.164. The zero-order valence-corrected chi connectivity index (χ0v) is 9.79. The van der Waals surface area contributed by atoms with Gasteiger partial charge in [-0.25, -0.2) is 8.78 Å². The van der Waals surface area contributed by atoms with Crippen molar-refractivity contribution >= 4 is 0 Å². The average molecular weight is 241 g/mol. The van der Waals surface area contributed by atoms with Crippen LogP contribution in [-0.4, -0.2) is 17.7 Å². The lowest BCUT2D eigenvalue weighted by atomic mass is 10.1.